The molecule has 0 N–H and O–H groups in total. The molecule has 0 atom stereocenters. The summed E-state index contributed by atoms with van der Waals surface area (Å²) >= 11 is 6.68. The van der Waals surface area contributed by atoms with Crippen LogP contribution in [0.1, 0.15) is 24.0 Å². The standard InChI is InChI=1S/C26H25N3OS2/c1-28-25(30)23(32-26(28)31)17-21-16-20-9-5-6-10-22(20)27-24(21)29-13-11-19(12-14-29)15-18-7-3-2-4-8-18/h2-10,16-17,19H,11-15H2,1H3/b23-17-. The highest BCUT2D eigenvalue weighted by atomic mass is 32.2. The Bertz CT molecular complexity index is 1200. The third-order valence-corrected chi connectivity index (χ3v) is 7.77. The largest absolute Gasteiger partial charge is 0.356 e. The van der Waals surface area contributed by atoms with Gasteiger partial charge in [-0.1, -0.05) is 72.5 Å². The predicted molar refractivity (Wildman–Crippen MR) is 138 cm³/mol. The van der Waals surface area contributed by atoms with E-state index in [1.165, 1.54) is 22.2 Å². The number of likely N-dealkylation sites (N-methyl/N-ethyl adjacent to an activating group) is 1. The average Bonchev–Trinajstić information content (AvgIpc) is 3.06. The van der Waals surface area contributed by atoms with Gasteiger partial charge in [0.15, 0.2) is 0 Å². The normalized spacial score (nSPS) is 18.8. The van der Waals surface area contributed by atoms with E-state index in [1.54, 1.807) is 7.05 Å². The van der Waals surface area contributed by atoms with Crippen LogP contribution in [0, 0.1) is 5.92 Å². The molecule has 162 valence electrons. The van der Waals surface area contributed by atoms with E-state index < -0.39 is 0 Å². The second kappa shape index (κ2) is 9.04. The van der Waals surface area contributed by atoms with Crippen LogP contribution in [-0.4, -0.2) is 40.2 Å². The van der Waals surface area contributed by atoms with Crippen molar-refractivity contribution in [2.45, 2.75) is 19.3 Å². The molecule has 2 fully saturated rings. The quantitative estimate of drug-likeness (QED) is 0.379. The van der Waals surface area contributed by atoms with E-state index in [1.807, 2.05) is 18.2 Å². The molecule has 3 aromatic rings. The Morgan fingerprint density at radius 1 is 1.09 bits per heavy atom. The molecule has 0 aliphatic carbocycles. The molecule has 1 amide bonds. The van der Waals surface area contributed by atoms with Crippen molar-refractivity contribution < 1.29 is 4.79 Å². The predicted octanol–water partition coefficient (Wildman–Crippen LogP) is 5.52. The van der Waals surface area contributed by atoms with Gasteiger partial charge in [-0.2, -0.15) is 0 Å². The summed E-state index contributed by atoms with van der Waals surface area (Å²) in [5, 5.41) is 1.08. The molecule has 2 aliphatic rings. The fourth-order valence-electron chi connectivity index (χ4n) is 4.46. The first-order chi connectivity index (χ1) is 15.6. The number of fused-ring (bicyclic) bond motifs is 1. The molecule has 0 radical (unpaired) electrons. The monoisotopic (exact) mass is 459 g/mol. The second-order valence-corrected chi connectivity index (χ2v) is 10.1. The second-order valence-electron chi connectivity index (χ2n) is 8.45. The molecule has 6 heteroatoms. The summed E-state index contributed by atoms with van der Waals surface area (Å²) in [6, 6.07) is 21.1. The van der Waals surface area contributed by atoms with E-state index in [4.69, 9.17) is 17.2 Å². The molecule has 0 spiro atoms. The highest BCUT2D eigenvalue weighted by molar-refractivity contribution is 8.26. The zero-order valence-corrected chi connectivity index (χ0v) is 19.7. The Balaban J connectivity index is 1.42. The third kappa shape index (κ3) is 4.30. The molecular formula is C26H25N3OS2. The van der Waals surface area contributed by atoms with Crippen molar-refractivity contribution in [1.29, 1.82) is 0 Å². The summed E-state index contributed by atoms with van der Waals surface area (Å²) in [5.41, 5.74) is 3.38. The number of thiocarbonyl (C=S) groups is 1. The van der Waals surface area contributed by atoms with Gasteiger partial charge in [-0.25, -0.2) is 4.98 Å². The summed E-state index contributed by atoms with van der Waals surface area (Å²) in [6.07, 6.45) is 5.37. The number of rotatable bonds is 4. The number of para-hydroxylation sites is 1. The Hall–Kier alpha value is -2.70. The molecular weight excluding hydrogens is 434 g/mol. The number of aromatic nitrogens is 1. The summed E-state index contributed by atoms with van der Waals surface area (Å²) in [6.45, 7) is 1.94. The zero-order chi connectivity index (χ0) is 22.1. The van der Waals surface area contributed by atoms with Gasteiger partial charge in [-0.05, 0) is 49.0 Å². The van der Waals surface area contributed by atoms with Gasteiger partial charge in [-0.15, -0.1) is 0 Å². The molecule has 2 aliphatic heterocycles. The van der Waals surface area contributed by atoms with Crippen molar-refractivity contribution in [3.63, 3.8) is 0 Å². The fraction of sp³-hybridized carbons (Fsp3) is 0.269. The van der Waals surface area contributed by atoms with E-state index in [0.717, 1.165) is 54.6 Å². The Morgan fingerprint density at radius 3 is 2.53 bits per heavy atom. The van der Waals surface area contributed by atoms with Gasteiger partial charge >= 0.3 is 0 Å². The number of pyridine rings is 1. The van der Waals surface area contributed by atoms with Gasteiger partial charge < -0.3 is 4.90 Å². The summed E-state index contributed by atoms with van der Waals surface area (Å²) in [7, 11) is 1.73. The number of hydrogen-bond acceptors (Lipinski definition) is 5. The number of carbonyl (C=O) groups excluding carboxylic acids is 1. The Morgan fingerprint density at radius 2 is 1.81 bits per heavy atom. The molecule has 3 heterocycles. The highest BCUT2D eigenvalue weighted by Gasteiger charge is 2.30. The molecule has 0 bridgehead atoms. The van der Waals surface area contributed by atoms with E-state index >= 15 is 0 Å². The minimum atomic E-state index is -0.0410. The lowest BCUT2D eigenvalue weighted by Crippen LogP contribution is -2.35. The molecule has 32 heavy (non-hydrogen) atoms. The van der Waals surface area contributed by atoms with E-state index in [9.17, 15) is 4.79 Å². The summed E-state index contributed by atoms with van der Waals surface area (Å²) in [5.74, 6) is 1.61. The van der Waals surface area contributed by atoms with Crippen molar-refractivity contribution >= 4 is 57.0 Å². The van der Waals surface area contributed by atoms with Gasteiger partial charge in [-0.3, -0.25) is 9.69 Å². The van der Waals surface area contributed by atoms with Crippen LogP contribution in [0.5, 0.6) is 0 Å². The average molecular weight is 460 g/mol. The highest BCUT2D eigenvalue weighted by Crippen LogP contribution is 2.35. The van der Waals surface area contributed by atoms with Crippen molar-refractivity contribution in [2.24, 2.45) is 5.92 Å². The minimum absolute atomic E-state index is 0.0410. The molecule has 5 rings (SSSR count). The van der Waals surface area contributed by atoms with Crippen molar-refractivity contribution in [3.05, 3.63) is 76.7 Å². The smallest absolute Gasteiger partial charge is 0.265 e. The molecule has 1 aromatic heterocycles. The first-order valence-corrected chi connectivity index (χ1v) is 12.2. The van der Waals surface area contributed by atoms with Gasteiger partial charge in [0.1, 0.15) is 10.1 Å². The van der Waals surface area contributed by atoms with Crippen molar-refractivity contribution in [3.8, 4) is 0 Å². The molecule has 4 nitrogen and oxygen atoms in total. The van der Waals surface area contributed by atoms with E-state index in [-0.39, 0.29) is 5.91 Å². The first kappa shape index (κ1) is 21.2. The SMILES string of the molecule is CN1C(=O)/C(=C/c2cc3ccccc3nc2N2CCC(Cc3ccccc3)CC2)SC1=S. The van der Waals surface area contributed by atoms with Crippen LogP contribution in [0.3, 0.4) is 0 Å². The zero-order valence-electron chi connectivity index (χ0n) is 18.0. The summed E-state index contributed by atoms with van der Waals surface area (Å²) in [4.78, 5) is 22.2. The van der Waals surface area contributed by atoms with Crippen LogP contribution in [-0.2, 0) is 11.2 Å². The van der Waals surface area contributed by atoms with Crippen molar-refractivity contribution in [1.82, 2.24) is 9.88 Å². The molecule has 2 saturated heterocycles. The van der Waals surface area contributed by atoms with Crippen LogP contribution in [0.2, 0.25) is 0 Å². The number of nitrogens with zero attached hydrogens (tertiary/aromatic N) is 3. The number of thioether (sulfide) groups is 1. The van der Waals surface area contributed by atoms with Crippen molar-refractivity contribution in [2.75, 3.05) is 25.0 Å². The third-order valence-electron chi connectivity index (χ3n) is 6.29. The van der Waals surface area contributed by atoms with Crippen LogP contribution < -0.4 is 4.90 Å². The maximum atomic E-state index is 12.6. The van der Waals surface area contributed by atoms with E-state index in [0.29, 0.717) is 15.1 Å². The topological polar surface area (TPSA) is 36.4 Å². The number of amides is 1. The molecule has 0 unspecified atom stereocenters. The van der Waals surface area contributed by atoms with Crippen LogP contribution in [0.4, 0.5) is 5.82 Å². The summed E-state index contributed by atoms with van der Waals surface area (Å²) < 4.78 is 0.596. The number of hydrogen-bond donors (Lipinski definition) is 0. The number of piperidine rings is 1. The number of benzene rings is 2. The van der Waals surface area contributed by atoms with Gasteiger partial charge in [0, 0.05) is 31.1 Å². The Labute approximate surface area is 198 Å². The number of carbonyl (C=O) groups is 1. The molecule has 2 aromatic carbocycles. The maximum Gasteiger partial charge on any atom is 0.265 e. The lowest BCUT2D eigenvalue weighted by molar-refractivity contribution is -0.121. The Kier molecular flexibility index (Phi) is 5.98. The molecule has 0 saturated carbocycles. The number of anilines is 1. The van der Waals surface area contributed by atoms with E-state index in [2.05, 4.69) is 53.4 Å². The van der Waals surface area contributed by atoms with Gasteiger partial charge in [0.05, 0.1) is 10.4 Å². The van der Waals surface area contributed by atoms with Gasteiger partial charge in [0.2, 0.25) is 0 Å². The maximum absolute atomic E-state index is 12.6. The minimum Gasteiger partial charge on any atom is -0.356 e. The van der Waals surface area contributed by atoms with Gasteiger partial charge in [0.25, 0.3) is 5.91 Å². The van der Waals surface area contributed by atoms with Crippen LogP contribution in [0.25, 0.3) is 17.0 Å². The lowest BCUT2D eigenvalue weighted by atomic mass is 9.90. The lowest BCUT2D eigenvalue weighted by Gasteiger charge is -2.34. The first-order valence-electron chi connectivity index (χ1n) is 11.0. The van der Waals surface area contributed by atoms with Crippen LogP contribution in [0.15, 0.2) is 65.6 Å². The van der Waals surface area contributed by atoms with Crippen LogP contribution >= 0.6 is 24.0 Å². The fourth-order valence-corrected chi connectivity index (χ4v) is 5.64.